The topological polar surface area (TPSA) is 36.4 Å². The molecule has 2 heterocycles. The molecule has 1 saturated heterocycles. The van der Waals surface area contributed by atoms with Gasteiger partial charge in [0.25, 0.3) is 0 Å². The second-order valence-corrected chi connectivity index (χ2v) is 8.12. The van der Waals surface area contributed by atoms with Gasteiger partial charge in [0, 0.05) is 16.1 Å². The first-order chi connectivity index (χ1) is 12.6. The monoisotopic (exact) mass is 367 g/mol. The quantitative estimate of drug-likeness (QED) is 0.792. The standard InChI is InChI=1S/C22H26ClN3/c1-15-6-7-16(2)20-19(15)13-22(8-10-24-11-9-22)21(26-20)25-14-17-4-3-5-18(23)12-17/h3-7,12,24H,8-11,13-14H2,1-2H3,(H,25,26). The van der Waals surface area contributed by atoms with Crippen LogP contribution in [0.25, 0.3) is 0 Å². The van der Waals surface area contributed by atoms with Crippen molar-refractivity contribution >= 4 is 23.1 Å². The molecule has 0 aromatic heterocycles. The normalized spacial score (nSPS) is 20.0. The molecule has 0 bridgehead atoms. The summed E-state index contributed by atoms with van der Waals surface area (Å²) in [6.45, 7) is 7.18. The lowest BCUT2D eigenvalue weighted by Gasteiger charge is -2.43. The molecule has 1 spiro atoms. The molecule has 0 aliphatic carbocycles. The van der Waals surface area contributed by atoms with Crippen LogP contribution in [0, 0.1) is 19.3 Å². The van der Waals surface area contributed by atoms with Gasteiger partial charge in [-0.3, -0.25) is 4.99 Å². The minimum absolute atomic E-state index is 0.120. The van der Waals surface area contributed by atoms with E-state index in [9.17, 15) is 0 Å². The van der Waals surface area contributed by atoms with Gasteiger partial charge >= 0.3 is 0 Å². The average Bonchev–Trinajstić information content (AvgIpc) is 2.64. The number of rotatable bonds is 2. The van der Waals surface area contributed by atoms with Crippen LogP contribution < -0.4 is 10.6 Å². The summed E-state index contributed by atoms with van der Waals surface area (Å²) in [5, 5.41) is 8.02. The van der Waals surface area contributed by atoms with E-state index in [-0.39, 0.29) is 5.41 Å². The Morgan fingerprint density at radius 3 is 2.62 bits per heavy atom. The lowest BCUT2D eigenvalue weighted by molar-refractivity contribution is 0.292. The van der Waals surface area contributed by atoms with E-state index in [2.05, 4.69) is 42.7 Å². The number of halogens is 1. The van der Waals surface area contributed by atoms with Crippen molar-refractivity contribution in [1.29, 1.82) is 0 Å². The SMILES string of the molecule is Cc1ccc(C)c2c1CC1(CCNCC1)C(=NCc1cccc(Cl)c1)N2. The number of hydrogen-bond acceptors (Lipinski definition) is 2. The highest BCUT2D eigenvalue weighted by Crippen LogP contribution is 2.43. The minimum Gasteiger partial charge on any atom is -0.343 e. The van der Waals surface area contributed by atoms with Gasteiger partial charge in [-0.2, -0.15) is 0 Å². The van der Waals surface area contributed by atoms with Gasteiger partial charge in [0.1, 0.15) is 5.84 Å². The van der Waals surface area contributed by atoms with Gasteiger partial charge in [0.05, 0.1) is 6.54 Å². The largest absolute Gasteiger partial charge is 0.343 e. The molecule has 4 rings (SSSR count). The number of amidine groups is 1. The number of anilines is 1. The van der Waals surface area contributed by atoms with E-state index < -0.39 is 0 Å². The molecule has 136 valence electrons. The van der Waals surface area contributed by atoms with E-state index in [1.807, 2.05) is 18.2 Å². The third-order valence-corrected chi connectivity index (χ3v) is 6.12. The molecule has 2 aromatic carbocycles. The van der Waals surface area contributed by atoms with Crippen LogP contribution in [0.5, 0.6) is 0 Å². The fraction of sp³-hybridized carbons (Fsp3) is 0.409. The molecule has 0 amide bonds. The molecule has 2 aromatic rings. The number of nitrogens with zero attached hydrogens (tertiary/aromatic N) is 1. The number of benzene rings is 2. The van der Waals surface area contributed by atoms with E-state index in [0.717, 1.165) is 48.8 Å². The summed E-state index contributed by atoms with van der Waals surface area (Å²) in [6, 6.07) is 12.5. The molecular formula is C22H26ClN3. The molecule has 2 aliphatic heterocycles. The fourth-order valence-corrected chi connectivity index (χ4v) is 4.49. The van der Waals surface area contributed by atoms with Crippen molar-refractivity contribution in [2.24, 2.45) is 10.4 Å². The molecule has 0 saturated carbocycles. The lowest BCUT2D eigenvalue weighted by atomic mass is 9.69. The van der Waals surface area contributed by atoms with Crippen LogP contribution in [-0.4, -0.2) is 18.9 Å². The van der Waals surface area contributed by atoms with Crippen molar-refractivity contribution in [2.75, 3.05) is 18.4 Å². The molecule has 2 N–H and O–H groups in total. The van der Waals surface area contributed by atoms with Gasteiger partial charge in [-0.05, 0) is 80.6 Å². The second kappa shape index (κ2) is 7.05. The van der Waals surface area contributed by atoms with Crippen molar-refractivity contribution in [1.82, 2.24) is 5.32 Å². The Bertz CT molecular complexity index is 850. The zero-order valence-electron chi connectivity index (χ0n) is 15.5. The number of nitrogens with one attached hydrogen (secondary N) is 2. The van der Waals surface area contributed by atoms with Crippen LogP contribution in [0.3, 0.4) is 0 Å². The third kappa shape index (κ3) is 3.26. The van der Waals surface area contributed by atoms with Crippen LogP contribution in [-0.2, 0) is 13.0 Å². The zero-order chi connectivity index (χ0) is 18.1. The highest BCUT2D eigenvalue weighted by molar-refractivity contribution is 6.30. The van der Waals surface area contributed by atoms with Crippen molar-refractivity contribution in [3.63, 3.8) is 0 Å². The fourth-order valence-electron chi connectivity index (χ4n) is 4.28. The molecule has 0 radical (unpaired) electrons. The molecule has 3 nitrogen and oxygen atoms in total. The Hall–Kier alpha value is -1.84. The Morgan fingerprint density at radius 2 is 1.85 bits per heavy atom. The van der Waals surface area contributed by atoms with Crippen LogP contribution >= 0.6 is 11.6 Å². The summed E-state index contributed by atoms with van der Waals surface area (Å²) in [4.78, 5) is 5.06. The summed E-state index contributed by atoms with van der Waals surface area (Å²) in [6.07, 6.45) is 3.33. The Labute approximate surface area is 160 Å². The van der Waals surface area contributed by atoms with Crippen LogP contribution in [0.4, 0.5) is 5.69 Å². The van der Waals surface area contributed by atoms with Gasteiger partial charge in [-0.15, -0.1) is 0 Å². The highest BCUT2D eigenvalue weighted by Gasteiger charge is 2.41. The Kier molecular flexibility index (Phi) is 4.76. The summed E-state index contributed by atoms with van der Waals surface area (Å²) >= 11 is 6.14. The van der Waals surface area contributed by atoms with Crippen LogP contribution in [0.1, 0.15) is 35.1 Å². The van der Waals surface area contributed by atoms with E-state index in [0.29, 0.717) is 6.54 Å². The first kappa shape index (κ1) is 17.6. The number of aryl methyl sites for hydroxylation is 2. The van der Waals surface area contributed by atoms with Crippen LogP contribution in [0.2, 0.25) is 5.02 Å². The molecule has 0 atom stereocenters. The maximum absolute atomic E-state index is 6.14. The summed E-state index contributed by atoms with van der Waals surface area (Å²) in [5.74, 6) is 1.15. The third-order valence-electron chi connectivity index (χ3n) is 5.89. The number of hydrogen-bond donors (Lipinski definition) is 2. The van der Waals surface area contributed by atoms with E-state index >= 15 is 0 Å². The zero-order valence-corrected chi connectivity index (χ0v) is 16.3. The first-order valence-corrected chi connectivity index (χ1v) is 9.81. The molecular weight excluding hydrogens is 342 g/mol. The highest BCUT2D eigenvalue weighted by atomic mass is 35.5. The summed E-state index contributed by atoms with van der Waals surface area (Å²) in [7, 11) is 0. The maximum Gasteiger partial charge on any atom is 0.108 e. The molecule has 2 aliphatic rings. The van der Waals surface area contributed by atoms with Crippen molar-refractivity contribution in [3.05, 3.63) is 63.7 Å². The van der Waals surface area contributed by atoms with Crippen molar-refractivity contribution < 1.29 is 0 Å². The summed E-state index contributed by atoms with van der Waals surface area (Å²) in [5.41, 5.74) is 6.68. The van der Waals surface area contributed by atoms with Gasteiger partial charge in [0.15, 0.2) is 0 Å². The van der Waals surface area contributed by atoms with Crippen molar-refractivity contribution in [3.8, 4) is 0 Å². The van der Waals surface area contributed by atoms with Crippen LogP contribution in [0.15, 0.2) is 41.4 Å². The summed E-state index contributed by atoms with van der Waals surface area (Å²) < 4.78 is 0. The molecule has 1 fully saturated rings. The van der Waals surface area contributed by atoms with Gasteiger partial charge in [-0.1, -0.05) is 35.9 Å². The molecule has 4 heteroatoms. The van der Waals surface area contributed by atoms with Gasteiger partial charge in [-0.25, -0.2) is 0 Å². The van der Waals surface area contributed by atoms with Gasteiger partial charge in [0.2, 0.25) is 0 Å². The Balaban J connectivity index is 1.72. The average molecular weight is 368 g/mol. The van der Waals surface area contributed by atoms with Gasteiger partial charge < -0.3 is 10.6 Å². The number of aliphatic imine (C=N–C) groups is 1. The number of piperidine rings is 1. The second-order valence-electron chi connectivity index (χ2n) is 7.68. The first-order valence-electron chi connectivity index (χ1n) is 9.44. The smallest absolute Gasteiger partial charge is 0.108 e. The predicted octanol–water partition coefficient (Wildman–Crippen LogP) is 4.89. The molecule has 0 unspecified atom stereocenters. The Morgan fingerprint density at radius 1 is 1.08 bits per heavy atom. The lowest BCUT2D eigenvalue weighted by Crippen LogP contribution is -2.49. The van der Waals surface area contributed by atoms with E-state index in [1.54, 1.807) is 0 Å². The van der Waals surface area contributed by atoms with E-state index in [4.69, 9.17) is 16.6 Å². The minimum atomic E-state index is 0.120. The predicted molar refractivity (Wildman–Crippen MR) is 110 cm³/mol. The number of fused-ring (bicyclic) bond motifs is 1. The maximum atomic E-state index is 6.14. The van der Waals surface area contributed by atoms with E-state index in [1.165, 1.54) is 22.4 Å². The van der Waals surface area contributed by atoms with Crippen molar-refractivity contribution in [2.45, 2.75) is 39.7 Å². The molecule has 26 heavy (non-hydrogen) atoms.